The van der Waals surface area contributed by atoms with E-state index in [1.54, 1.807) is 4.90 Å². The zero-order valence-electron chi connectivity index (χ0n) is 12.3. The average molecular weight is 290 g/mol. The molecule has 2 unspecified atom stereocenters. The van der Waals surface area contributed by atoms with Crippen molar-refractivity contribution in [3.05, 3.63) is 29.8 Å². The van der Waals surface area contributed by atoms with Crippen molar-refractivity contribution in [2.75, 3.05) is 11.4 Å². The number of amides is 1. The Balaban J connectivity index is 2.13. The van der Waals surface area contributed by atoms with E-state index in [2.05, 4.69) is 0 Å². The van der Waals surface area contributed by atoms with Crippen LogP contribution in [0.15, 0.2) is 24.3 Å². The predicted octanol–water partition coefficient (Wildman–Crippen LogP) is 1.79. The smallest absolute Gasteiger partial charge is 0.308 e. The second-order valence-electron chi connectivity index (χ2n) is 5.74. The molecular formula is C16H22N2O3. The molecule has 1 heterocycles. The number of nitrogens with two attached hydrogens (primary N) is 1. The Morgan fingerprint density at radius 3 is 2.81 bits per heavy atom. The van der Waals surface area contributed by atoms with Crippen LogP contribution < -0.4 is 10.6 Å². The lowest BCUT2D eigenvalue weighted by Gasteiger charge is -2.33. The van der Waals surface area contributed by atoms with Gasteiger partial charge < -0.3 is 15.7 Å². The van der Waals surface area contributed by atoms with E-state index in [9.17, 15) is 14.7 Å². The Kier molecular flexibility index (Phi) is 4.96. The molecule has 0 spiro atoms. The summed E-state index contributed by atoms with van der Waals surface area (Å²) in [7, 11) is 0. The van der Waals surface area contributed by atoms with Crippen LogP contribution in [0.3, 0.4) is 0 Å². The van der Waals surface area contributed by atoms with E-state index in [1.165, 1.54) is 0 Å². The first kappa shape index (κ1) is 15.5. The average Bonchev–Trinajstić information content (AvgIpc) is 2.45. The van der Waals surface area contributed by atoms with Gasteiger partial charge in [-0.1, -0.05) is 18.2 Å². The summed E-state index contributed by atoms with van der Waals surface area (Å²) < 4.78 is 0. The van der Waals surface area contributed by atoms with E-state index in [1.807, 2.05) is 31.2 Å². The fraction of sp³-hybridized carbons (Fsp3) is 0.500. The molecule has 1 aromatic carbocycles. The summed E-state index contributed by atoms with van der Waals surface area (Å²) in [5.74, 6) is -1.40. The molecule has 1 aliphatic heterocycles. The van der Waals surface area contributed by atoms with Gasteiger partial charge in [0.25, 0.3) is 0 Å². The van der Waals surface area contributed by atoms with Gasteiger partial charge in [0.1, 0.15) is 0 Å². The molecule has 3 N–H and O–H groups in total. The SMILES string of the molecule is CC(N)CCCC(=O)N1CC(C(=O)O)Cc2ccccc21. The second-order valence-corrected chi connectivity index (χ2v) is 5.74. The Labute approximate surface area is 124 Å². The zero-order valence-corrected chi connectivity index (χ0v) is 12.3. The Morgan fingerprint density at radius 2 is 2.14 bits per heavy atom. The normalized spacial score (nSPS) is 19.0. The van der Waals surface area contributed by atoms with Crippen molar-refractivity contribution in [2.45, 2.75) is 38.6 Å². The van der Waals surface area contributed by atoms with E-state index in [0.717, 1.165) is 24.1 Å². The molecule has 2 atom stereocenters. The van der Waals surface area contributed by atoms with Gasteiger partial charge >= 0.3 is 5.97 Å². The van der Waals surface area contributed by atoms with E-state index in [0.29, 0.717) is 12.8 Å². The molecule has 0 saturated carbocycles. The molecule has 5 nitrogen and oxygen atoms in total. The monoisotopic (exact) mass is 290 g/mol. The third kappa shape index (κ3) is 3.82. The number of anilines is 1. The molecular weight excluding hydrogens is 268 g/mol. The number of carbonyl (C=O) groups excluding carboxylic acids is 1. The number of carbonyl (C=O) groups is 2. The maximum atomic E-state index is 12.4. The van der Waals surface area contributed by atoms with E-state index >= 15 is 0 Å². The predicted molar refractivity (Wildman–Crippen MR) is 81.1 cm³/mol. The van der Waals surface area contributed by atoms with Crippen LogP contribution in [0.1, 0.15) is 31.7 Å². The summed E-state index contributed by atoms with van der Waals surface area (Å²) in [5.41, 5.74) is 7.47. The van der Waals surface area contributed by atoms with Crippen LogP contribution in [-0.4, -0.2) is 29.6 Å². The summed E-state index contributed by atoms with van der Waals surface area (Å²) >= 11 is 0. The number of hydrogen-bond donors (Lipinski definition) is 2. The quantitative estimate of drug-likeness (QED) is 0.866. The number of hydrogen-bond acceptors (Lipinski definition) is 3. The minimum Gasteiger partial charge on any atom is -0.481 e. The van der Waals surface area contributed by atoms with E-state index in [-0.39, 0.29) is 18.5 Å². The lowest BCUT2D eigenvalue weighted by atomic mass is 9.92. The molecule has 1 aromatic rings. The van der Waals surface area contributed by atoms with Crippen LogP contribution >= 0.6 is 0 Å². The maximum Gasteiger partial charge on any atom is 0.308 e. The first-order valence-corrected chi connectivity index (χ1v) is 7.35. The summed E-state index contributed by atoms with van der Waals surface area (Å²) in [6.07, 6.45) is 2.41. The van der Waals surface area contributed by atoms with Gasteiger partial charge in [-0.25, -0.2) is 0 Å². The number of aliphatic carboxylic acids is 1. The van der Waals surface area contributed by atoms with Gasteiger partial charge in [0.15, 0.2) is 0 Å². The highest BCUT2D eigenvalue weighted by Gasteiger charge is 2.31. The lowest BCUT2D eigenvalue weighted by molar-refractivity contribution is -0.141. The Bertz CT molecular complexity index is 528. The lowest BCUT2D eigenvalue weighted by Crippen LogP contribution is -2.42. The van der Waals surface area contributed by atoms with Gasteiger partial charge in [0.2, 0.25) is 5.91 Å². The van der Waals surface area contributed by atoms with Crippen LogP contribution in [0, 0.1) is 5.92 Å². The minimum absolute atomic E-state index is 0.0194. The summed E-state index contributed by atoms with van der Waals surface area (Å²) in [5, 5.41) is 9.26. The van der Waals surface area contributed by atoms with Crippen molar-refractivity contribution >= 4 is 17.6 Å². The molecule has 0 bridgehead atoms. The van der Waals surface area contributed by atoms with Gasteiger partial charge in [-0.15, -0.1) is 0 Å². The van der Waals surface area contributed by atoms with Crippen LogP contribution in [0.2, 0.25) is 0 Å². The summed E-state index contributed by atoms with van der Waals surface area (Å²) in [6, 6.07) is 7.62. The van der Waals surface area contributed by atoms with Crippen molar-refractivity contribution in [3.63, 3.8) is 0 Å². The van der Waals surface area contributed by atoms with Crippen molar-refractivity contribution in [1.29, 1.82) is 0 Å². The van der Waals surface area contributed by atoms with Crippen molar-refractivity contribution in [1.82, 2.24) is 0 Å². The Morgan fingerprint density at radius 1 is 1.43 bits per heavy atom. The number of nitrogens with zero attached hydrogens (tertiary/aromatic N) is 1. The standard InChI is InChI=1S/C16H22N2O3/c1-11(17)5-4-8-15(19)18-10-13(16(20)21)9-12-6-2-3-7-14(12)18/h2-3,6-7,11,13H,4-5,8-10,17H2,1H3,(H,20,21). The highest BCUT2D eigenvalue weighted by atomic mass is 16.4. The third-order valence-electron chi connectivity index (χ3n) is 3.85. The number of rotatable bonds is 5. The van der Waals surface area contributed by atoms with Crippen molar-refractivity contribution < 1.29 is 14.7 Å². The molecule has 0 aliphatic carbocycles. The molecule has 21 heavy (non-hydrogen) atoms. The topological polar surface area (TPSA) is 83.6 Å². The van der Waals surface area contributed by atoms with E-state index < -0.39 is 11.9 Å². The molecule has 114 valence electrons. The first-order valence-electron chi connectivity index (χ1n) is 7.35. The first-order chi connectivity index (χ1) is 9.99. The van der Waals surface area contributed by atoms with Crippen LogP contribution in [0.4, 0.5) is 5.69 Å². The van der Waals surface area contributed by atoms with Crippen molar-refractivity contribution in [3.8, 4) is 0 Å². The van der Waals surface area contributed by atoms with E-state index in [4.69, 9.17) is 5.73 Å². The van der Waals surface area contributed by atoms with Crippen LogP contribution in [0.25, 0.3) is 0 Å². The number of carboxylic acids is 1. The summed E-state index contributed by atoms with van der Waals surface area (Å²) in [4.78, 5) is 25.3. The van der Waals surface area contributed by atoms with Gasteiger partial charge in [-0.2, -0.15) is 0 Å². The fourth-order valence-corrected chi connectivity index (χ4v) is 2.71. The molecule has 0 aromatic heterocycles. The number of carboxylic acid groups (broad SMARTS) is 1. The van der Waals surface area contributed by atoms with Gasteiger partial charge in [-0.05, 0) is 37.8 Å². The molecule has 1 aliphatic rings. The van der Waals surface area contributed by atoms with Gasteiger partial charge in [-0.3, -0.25) is 9.59 Å². The number of para-hydroxylation sites is 1. The fourth-order valence-electron chi connectivity index (χ4n) is 2.71. The molecule has 0 saturated heterocycles. The highest BCUT2D eigenvalue weighted by molar-refractivity contribution is 5.95. The molecule has 2 rings (SSSR count). The maximum absolute atomic E-state index is 12.4. The Hall–Kier alpha value is -1.88. The van der Waals surface area contributed by atoms with Crippen molar-refractivity contribution in [2.24, 2.45) is 11.7 Å². The van der Waals surface area contributed by atoms with Crippen LogP contribution in [-0.2, 0) is 16.0 Å². The van der Waals surface area contributed by atoms with Gasteiger partial charge in [0.05, 0.1) is 5.92 Å². The number of fused-ring (bicyclic) bond motifs is 1. The molecule has 0 radical (unpaired) electrons. The number of benzene rings is 1. The molecule has 1 amide bonds. The molecule has 5 heteroatoms. The highest BCUT2D eigenvalue weighted by Crippen LogP contribution is 2.30. The minimum atomic E-state index is -0.849. The third-order valence-corrected chi connectivity index (χ3v) is 3.85. The largest absolute Gasteiger partial charge is 0.481 e. The van der Waals surface area contributed by atoms with Crippen LogP contribution in [0.5, 0.6) is 0 Å². The summed E-state index contributed by atoms with van der Waals surface area (Å²) in [6.45, 7) is 2.17. The zero-order chi connectivity index (χ0) is 15.4. The second kappa shape index (κ2) is 6.72. The molecule has 0 fully saturated rings. The van der Waals surface area contributed by atoms with Gasteiger partial charge in [0, 0.05) is 24.7 Å².